The third-order valence-electron chi connectivity index (χ3n) is 8.39. The molecule has 6 rings (SSSR count). The molecule has 1 aromatic rings. The van der Waals surface area contributed by atoms with Crippen molar-refractivity contribution < 1.29 is 9.59 Å². The molecule has 29 heavy (non-hydrogen) atoms. The van der Waals surface area contributed by atoms with Crippen molar-refractivity contribution in [1.82, 2.24) is 10.2 Å². The molecular formula is C25H34N2O2. The molecule has 1 saturated heterocycles. The fourth-order valence-corrected chi connectivity index (χ4v) is 7.01. The molecule has 4 saturated carbocycles. The molecule has 4 heteroatoms. The van der Waals surface area contributed by atoms with E-state index in [1.807, 2.05) is 23.1 Å². The number of hydrogen-bond donors (Lipinski definition) is 1. The fourth-order valence-electron chi connectivity index (χ4n) is 7.01. The second-order valence-corrected chi connectivity index (χ2v) is 10.5. The fraction of sp³-hybridized carbons (Fsp3) is 0.680. The smallest absolute Gasteiger partial charge is 0.253 e. The van der Waals surface area contributed by atoms with E-state index in [4.69, 9.17) is 0 Å². The molecule has 0 aromatic heterocycles. The van der Waals surface area contributed by atoms with Crippen LogP contribution in [0.25, 0.3) is 0 Å². The van der Waals surface area contributed by atoms with Crippen molar-refractivity contribution in [3.05, 3.63) is 34.9 Å². The van der Waals surface area contributed by atoms with Gasteiger partial charge in [0.15, 0.2) is 0 Å². The molecule has 1 heterocycles. The number of nitrogens with one attached hydrogen (secondary N) is 1. The predicted molar refractivity (Wildman–Crippen MR) is 114 cm³/mol. The zero-order chi connectivity index (χ0) is 20.2. The first-order valence-electron chi connectivity index (χ1n) is 11.6. The molecule has 0 radical (unpaired) electrons. The van der Waals surface area contributed by atoms with E-state index in [1.54, 1.807) is 0 Å². The highest BCUT2D eigenvalue weighted by Gasteiger charge is 2.54. The lowest BCUT2D eigenvalue weighted by Crippen LogP contribution is -2.56. The second kappa shape index (κ2) is 7.14. The normalized spacial score (nSPS) is 33.7. The molecule has 2 amide bonds. The third-order valence-corrected chi connectivity index (χ3v) is 8.39. The average Bonchev–Trinajstić information content (AvgIpc) is 2.69. The van der Waals surface area contributed by atoms with E-state index in [1.165, 1.54) is 24.8 Å². The Bertz CT molecular complexity index is 787. The quantitative estimate of drug-likeness (QED) is 0.834. The van der Waals surface area contributed by atoms with Crippen LogP contribution < -0.4 is 5.32 Å². The topological polar surface area (TPSA) is 49.4 Å². The summed E-state index contributed by atoms with van der Waals surface area (Å²) in [7, 11) is 0. The first kappa shape index (κ1) is 19.1. The lowest BCUT2D eigenvalue weighted by molar-refractivity contribution is -0.147. The van der Waals surface area contributed by atoms with Gasteiger partial charge in [-0.25, -0.2) is 0 Å². The van der Waals surface area contributed by atoms with Gasteiger partial charge >= 0.3 is 0 Å². The number of carbonyl (C=O) groups is 2. The van der Waals surface area contributed by atoms with E-state index in [0.29, 0.717) is 5.91 Å². The molecule has 156 valence electrons. The van der Waals surface area contributed by atoms with Crippen LogP contribution in [0.2, 0.25) is 0 Å². The highest BCUT2D eigenvalue weighted by molar-refractivity contribution is 5.94. The maximum atomic E-state index is 13.3. The zero-order valence-electron chi connectivity index (χ0n) is 17.9. The van der Waals surface area contributed by atoms with Gasteiger partial charge in [-0.3, -0.25) is 9.59 Å². The molecule has 1 N–H and O–H groups in total. The van der Waals surface area contributed by atoms with Crippen molar-refractivity contribution in [2.45, 2.75) is 71.3 Å². The van der Waals surface area contributed by atoms with E-state index in [2.05, 4.69) is 19.2 Å². The van der Waals surface area contributed by atoms with Gasteiger partial charge in [-0.1, -0.05) is 6.07 Å². The van der Waals surface area contributed by atoms with Crippen molar-refractivity contribution in [3.8, 4) is 0 Å². The van der Waals surface area contributed by atoms with Gasteiger partial charge in [-0.2, -0.15) is 0 Å². The van der Waals surface area contributed by atoms with Crippen molar-refractivity contribution >= 4 is 11.8 Å². The minimum Gasteiger partial charge on any atom is -0.353 e. The summed E-state index contributed by atoms with van der Waals surface area (Å²) in [5.74, 6) is 2.84. The Labute approximate surface area is 174 Å². The molecule has 0 atom stereocenters. The Morgan fingerprint density at radius 2 is 1.52 bits per heavy atom. The number of rotatable bonds is 3. The van der Waals surface area contributed by atoms with Gasteiger partial charge in [0.2, 0.25) is 5.91 Å². The molecule has 4 aliphatic carbocycles. The SMILES string of the molecule is Cc1ccc(C(=O)N2CCC(NC(=O)C34CC5CC(CC(C5)C3)C4)CC2)cc1C. The number of carbonyl (C=O) groups excluding carboxylic acids is 2. The summed E-state index contributed by atoms with van der Waals surface area (Å²) in [6.07, 6.45) is 9.20. The number of aryl methyl sites for hydroxylation is 2. The molecule has 4 nitrogen and oxygen atoms in total. The molecule has 0 spiro atoms. The van der Waals surface area contributed by atoms with Crippen LogP contribution >= 0.6 is 0 Å². The van der Waals surface area contributed by atoms with Crippen molar-refractivity contribution in [3.63, 3.8) is 0 Å². The summed E-state index contributed by atoms with van der Waals surface area (Å²) in [4.78, 5) is 28.1. The van der Waals surface area contributed by atoms with Crippen LogP contribution in [0.15, 0.2) is 18.2 Å². The first-order valence-corrected chi connectivity index (χ1v) is 11.6. The van der Waals surface area contributed by atoms with Gasteiger partial charge in [0.05, 0.1) is 0 Å². The molecule has 1 aliphatic heterocycles. The van der Waals surface area contributed by atoms with Crippen molar-refractivity contribution in [1.29, 1.82) is 0 Å². The van der Waals surface area contributed by atoms with E-state index in [0.717, 1.165) is 74.1 Å². The Morgan fingerprint density at radius 1 is 0.931 bits per heavy atom. The van der Waals surface area contributed by atoms with Crippen molar-refractivity contribution in [2.75, 3.05) is 13.1 Å². The summed E-state index contributed by atoms with van der Waals surface area (Å²) in [6.45, 7) is 5.59. The van der Waals surface area contributed by atoms with Crippen LogP contribution in [0.5, 0.6) is 0 Å². The summed E-state index contributed by atoms with van der Waals surface area (Å²) in [5, 5.41) is 3.41. The number of likely N-dealkylation sites (tertiary alicyclic amines) is 1. The third kappa shape index (κ3) is 3.49. The van der Waals surface area contributed by atoms with Crippen LogP contribution in [-0.2, 0) is 4.79 Å². The van der Waals surface area contributed by atoms with Crippen LogP contribution in [0, 0.1) is 37.0 Å². The van der Waals surface area contributed by atoms with E-state index in [9.17, 15) is 9.59 Å². The summed E-state index contributed by atoms with van der Waals surface area (Å²) in [5.41, 5.74) is 3.09. The number of nitrogens with zero attached hydrogens (tertiary/aromatic N) is 1. The largest absolute Gasteiger partial charge is 0.353 e. The van der Waals surface area contributed by atoms with Gasteiger partial charge in [-0.15, -0.1) is 0 Å². The number of amides is 2. The Kier molecular flexibility index (Phi) is 4.71. The molecular weight excluding hydrogens is 360 g/mol. The second-order valence-electron chi connectivity index (χ2n) is 10.5. The highest BCUT2D eigenvalue weighted by atomic mass is 16.2. The minimum atomic E-state index is -0.0683. The van der Waals surface area contributed by atoms with Crippen LogP contribution in [0.1, 0.15) is 72.9 Å². The van der Waals surface area contributed by atoms with Crippen LogP contribution in [-0.4, -0.2) is 35.8 Å². The standard InChI is InChI=1S/C25H34N2O2/c1-16-3-4-21(9-17(16)2)23(28)27-7-5-22(6-8-27)26-24(29)25-13-18-10-19(14-25)12-20(11-18)15-25/h3-4,9,18-20,22H,5-8,10-15H2,1-2H3,(H,26,29). The minimum absolute atomic E-state index is 0.0683. The molecule has 5 fully saturated rings. The van der Waals surface area contributed by atoms with E-state index in [-0.39, 0.29) is 17.4 Å². The number of hydrogen-bond acceptors (Lipinski definition) is 2. The number of piperidine rings is 1. The Hall–Kier alpha value is -1.84. The number of benzene rings is 1. The Morgan fingerprint density at radius 3 is 2.07 bits per heavy atom. The van der Waals surface area contributed by atoms with Gasteiger partial charge in [0, 0.05) is 30.1 Å². The Balaban J connectivity index is 1.18. The highest BCUT2D eigenvalue weighted by Crippen LogP contribution is 2.60. The summed E-state index contributed by atoms with van der Waals surface area (Å²) < 4.78 is 0. The lowest BCUT2D eigenvalue weighted by atomic mass is 9.49. The van der Waals surface area contributed by atoms with Crippen molar-refractivity contribution in [2.24, 2.45) is 23.2 Å². The molecule has 5 aliphatic rings. The summed E-state index contributed by atoms with van der Waals surface area (Å²) in [6, 6.07) is 6.19. The van der Waals surface area contributed by atoms with Gasteiger partial charge in [0.1, 0.15) is 0 Å². The first-order chi connectivity index (χ1) is 13.9. The summed E-state index contributed by atoms with van der Waals surface area (Å²) >= 11 is 0. The van der Waals surface area contributed by atoms with Gasteiger partial charge in [0.25, 0.3) is 5.91 Å². The molecule has 0 unspecified atom stereocenters. The monoisotopic (exact) mass is 394 g/mol. The maximum Gasteiger partial charge on any atom is 0.253 e. The van der Waals surface area contributed by atoms with E-state index >= 15 is 0 Å². The molecule has 1 aromatic carbocycles. The van der Waals surface area contributed by atoms with E-state index < -0.39 is 0 Å². The van der Waals surface area contributed by atoms with Gasteiger partial charge < -0.3 is 10.2 Å². The zero-order valence-corrected chi connectivity index (χ0v) is 17.9. The van der Waals surface area contributed by atoms with Gasteiger partial charge in [-0.05, 0) is 106 Å². The molecule has 4 bridgehead atoms. The lowest BCUT2D eigenvalue weighted by Gasteiger charge is -2.56. The predicted octanol–water partition coefficient (Wildman–Crippen LogP) is 4.24. The maximum absolute atomic E-state index is 13.3. The van der Waals surface area contributed by atoms with Crippen LogP contribution in [0.3, 0.4) is 0 Å². The van der Waals surface area contributed by atoms with Crippen LogP contribution in [0.4, 0.5) is 0 Å². The average molecular weight is 395 g/mol.